The highest BCUT2D eigenvalue weighted by atomic mass is 16.5. The van der Waals surface area contributed by atoms with E-state index >= 15 is 0 Å². The van der Waals surface area contributed by atoms with Crippen LogP contribution in [-0.2, 0) is 10.2 Å². The fourth-order valence-corrected chi connectivity index (χ4v) is 3.30. The van der Waals surface area contributed by atoms with Crippen LogP contribution in [0.25, 0.3) is 0 Å². The normalized spacial score (nSPS) is 17.1. The van der Waals surface area contributed by atoms with Crippen molar-refractivity contribution in [2.75, 3.05) is 20.7 Å². The number of carbonyl (C=O) groups excluding carboxylic acids is 2. The van der Waals surface area contributed by atoms with Gasteiger partial charge in [0.25, 0.3) is 0 Å². The molecule has 1 aromatic rings. The number of hydrogen-bond acceptors (Lipinski definition) is 4. The number of carbonyl (C=O) groups is 2. The highest BCUT2D eigenvalue weighted by Gasteiger charge is 2.36. The van der Waals surface area contributed by atoms with Gasteiger partial charge in [0.1, 0.15) is 5.75 Å². The van der Waals surface area contributed by atoms with Crippen molar-refractivity contribution in [1.29, 1.82) is 0 Å². The number of amides is 3. The summed E-state index contributed by atoms with van der Waals surface area (Å²) in [5, 5.41) is 7.98. The van der Waals surface area contributed by atoms with E-state index in [0.29, 0.717) is 6.54 Å². The predicted molar refractivity (Wildman–Crippen MR) is 93.2 cm³/mol. The first-order chi connectivity index (χ1) is 11.5. The number of nitrogens with one attached hydrogen (secondary N) is 3. The molecule has 0 radical (unpaired) electrons. The van der Waals surface area contributed by atoms with E-state index in [-0.39, 0.29) is 11.3 Å². The minimum atomic E-state index is -0.489. The molecule has 6 heteroatoms. The number of imide groups is 1. The summed E-state index contributed by atoms with van der Waals surface area (Å²) in [5.41, 5.74) is 1.25. The van der Waals surface area contributed by atoms with Gasteiger partial charge in [-0.1, -0.05) is 25.0 Å². The lowest BCUT2D eigenvalue weighted by molar-refractivity contribution is -0.121. The van der Waals surface area contributed by atoms with Gasteiger partial charge < -0.3 is 15.4 Å². The summed E-state index contributed by atoms with van der Waals surface area (Å²) in [6.45, 7) is 2.47. The molecule has 1 aromatic carbocycles. The highest BCUT2D eigenvalue weighted by Crippen LogP contribution is 2.41. The van der Waals surface area contributed by atoms with E-state index in [1.165, 1.54) is 25.5 Å². The largest absolute Gasteiger partial charge is 0.497 e. The average Bonchev–Trinajstić information content (AvgIpc) is 3.09. The first-order valence-corrected chi connectivity index (χ1v) is 8.41. The van der Waals surface area contributed by atoms with Gasteiger partial charge in [-0.15, -0.1) is 0 Å². The molecule has 0 saturated heterocycles. The third-order valence-electron chi connectivity index (χ3n) is 4.85. The van der Waals surface area contributed by atoms with Gasteiger partial charge in [0.2, 0.25) is 5.91 Å². The number of methoxy groups -OCH3 is 1. The van der Waals surface area contributed by atoms with Gasteiger partial charge in [-0.25, -0.2) is 4.79 Å². The summed E-state index contributed by atoms with van der Waals surface area (Å²) in [6.07, 6.45) is 4.52. The van der Waals surface area contributed by atoms with Crippen LogP contribution in [0.15, 0.2) is 24.3 Å². The van der Waals surface area contributed by atoms with E-state index < -0.39 is 12.1 Å². The molecule has 1 unspecified atom stereocenters. The molecule has 1 aliphatic rings. The summed E-state index contributed by atoms with van der Waals surface area (Å²) in [4.78, 5) is 23.3. The Morgan fingerprint density at radius 2 is 2.00 bits per heavy atom. The lowest BCUT2D eigenvalue weighted by Crippen LogP contribution is -2.50. The summed E-state index contributed by atoms with van der Waals surface area (Å²) >= 11 is 0. The zero-order valence-corrected chi connectivity index (χ0v) is 14.6. The van der Waals surface area contributed by atoms with Crippen LogP contribution in [0.2, 0.25) is 0 Å². The SMILES string of the molecule is CNC(=O)NC(=O)C(C)NCC1(c2cccc(OC)c2)CCCC1. The van der Waals surface area contributed by atoms with E-state index in [1.54, 1.807) is 14.0 Å². The van der Waals surface area contributed by atoms with Crippen molar-refractivity contribution in [3.8, 4) is 5.75 Å². The molecule has 132 valence electrons. The Bertz CT molecular complexity index is 583. The second-order valence-corrected chi connectivity index (χ2v) is 6.39. The predicted octanol–water partition coefficient (Wildman–Crippen LogP) is 1.94. The molecule has 1 saturated carbocycles. The molecule has 1 fully saturated rings. The van der Waals surface area contributed by atoms with Crippen LogP contribution in [0.1, 0.15) is 38.2 Å². The molecule has 1 atom stereocenters. The van der Waals surface area contributed by atoms with Crippen LogP contribution >= 0.6 is 0 Å². The Hall–Kier alpha value is -2.08. The van der Waals surface area contributed by atoms with E-state index in [4.69, 9.17) is 4.74 Å². The van der Waals surface area contributed by atoms with Gasteiger partial charge >= 0.3 is 6.03 Å². The van der Waals surface area contributed by atoms with Crippen molar-refractivity contribution in [1.82, 2.24) is 16.0 Å². The molecular weight excluding hydrogens is 306 g/mol. The number of urea groups is 1. The minimum Gasteiger partial charge on any atom is -0.497 e. The summed E-state index contributed by atoms with van der Waals surface area (Å²) < 4.78 is 5.35. The molecule has 0 aromatic heterocycles. The Morgan fingerprint density at radius 3 is 2.62 bits per heavy atom. The van der Waals surface area contributed by atoms with Crippen molar-refractivity contribution >= 4 is 11.9 Å². The molecule has 2 rings (SSSR count). The second-order valence-electron chi connectivity index (χ2n) is 6.39. The van der Waals surface area contributed by atoms with Crippen molar-refractivity contribution in [3.05, 3.63) is 29.8 Å². The second kappa shape index (κ2) is 8.15. The fraction of sp³-hybridized carbons (Fsp3) is 0.556. The maximum absolute atomic E-state index is 12.0. The Balaban J connectivity index is 2.05. The van der Waals surface area contributed by atoms with Crippen molar-refractivity contribution < 1.29 is 14.3 Å². The molecule has 6 nitrogen and oxygen atoms in total. The molecule has 3 N–H and O–H groups in total. The monoisotopic (exact) mass is 333 g/mol. The molecule has 0 aliphatic heterocycles. The average molecular weight is 333 g/mol. The van der Waals surface area contributed by atoms with Gasteiger partial charge in [-0.2, -0.15) is 0 Å². The van der Waals surface area contributed by atoms with Crippen LogP contribution in [0.3, 0.4) is 0 Å². The molecule has 0 bridgehead atoms. The zero-order chi connectivity index (χ0) is 17.6. The topological polar surface area (TPSA) is 79.5 Å². The van der Waals surface area contributed by atoms with E-state index in [9.17, 15) is 9.59 Å². The molecule has 0 spiro atoms. The van der Waals surface area contributed by atoms with Gasteiger partial charge in [-0.05, 0) is 37.5 Å². The van der Waals surface area contributed by atoms with E-state index in [2.05, 4.69) is 28.1 Å². The van der Waals surface area contributed by atoms with Crippen LogP contribution < -0.4 is 20.7 Å². The fourth-order valence-electron chi connectivity index (χ4n) is 3.30. The number of ether oxygens (including phenoxy) is 1. The third kappa shape index (κ3) is 4.26. The Morgan fingerprint density at radius 1 is 1.29 bits per heavy atom. The quantitative estimate of drug-likeness (QED) is 0.743. The maximum atomic E-state index is 12.0. The lowest BCUT2D eigenvalue weighted by atomic mass is 9.78. The van der Waals surface area contributed by atoms with Gasteiger partial charge in [0.15, 0.2) is 0 Å². The Labute approximate surface area is 143 Å². The molecule has 1 aliphatic carbocycles. The van der Waals surface area contributed by atoms with Gasteiger partial charge in [0, 0.05) is 19.0 Å². The number of benzene rings is 1. The molecule has 3 amide bonds. The van der Waals surface area contributed by atoms with Crippen molar-refractivity contribution in [2.24, 2.45) is 0 Å². The van der Waals surface area contributed by atoms with E-state index in [0.717, 1.165) is 18.6 Å². The maximum Gasteiger partial charge on any atom is 0.321 e. The summed E-state index contributed by atoms with van der Waals surface area (Å²) in [7, 11) is 3.15. The summed E-state index contributed by atoms with van der Waals surface area (Å²) in [6, 6.07) is 7.24. The smallest absolute Gasteiger partial charge is 0.321 e. The van der Waals surface area contributed by atoms with Crippen LogP contribution in [0, 0.1) is 0 Å². The number of rotatable bonds is 6. The summed E-state index contributed by atoms with van der Waals surface area (Å²) in [5.74, 6) is 0.525. The molecule has 0 heterocycles. The first-order valence-electron chi connectivity index (χ1n) is 8.41. The lowest BCUT2D eigenvalue weighted by Gasteiger charge is -2.31. The standard InChI is InChI=1S/C18H27N3O3/c1-13(16(22)21-17(23)19-2)20-12-18(9-4-5-10-18)14-7-6-8-15(11-14)24-3/h6-8,11,13,20H,4-5,9-10,12H2,1-3H3,(H2,19,21,22,23). The van der Waals surface area contributed by atoms with Crippen molar-refractivity contribution in [3.63, 3.8) is 0 Å². The third-order valence-corrected chi connectivity index (χ3v) is 4.85. The van der Waals surface area contributed by atoms with Crippen LogP contribution in [-0.4, -0.2) is 38.7 Å². The van der Waals surface area contributed by atoms with Crippen molar-refractivity contribution in [2.45, 2.75) is 44.1 Å². The Kier molecular flexibility index (Phi) is 6.20. The molecular formula is C18H27N3O3. The minimum absolute atomic E-state index is 0.0100. The highest BCUT2D eigenvalue weighted by molar-refractivity contribution is 5.96. The first kappa shape index (κ1) is 18.3. The van der Waals surface area contributed by atoms with Crippen LogP contribution in [0.5, 0.6) is 5.75 Å². The zero-order valence-electron chi connectivity index (χ0n) is 14.6. The molecule has 24 heavy (non-hydrogen) atoms. The van der Waals surface area contributed by atoms with Crippen LogP contribution in [0.4, 0.5) is 4.79 Å². The van der Waals surface area contributed by atoms with Gasteiger partial charge in [0.05, 0.1) is 13.2 Å². The van der Waals surface area contributed by atoms with E-state index in [1.807, 2.05) is 12.1 Å². The number of hydrogen-bond donors (Lipinski definition) is 3. The van der Waals surface area contributed by atoms with Gasteiger partial charge in [-0.3, -0.25) is 10.1 Å².